The summed E-state index contributed by atoms with van der Waals surface area (Å²) in [6, 6.07) is 15.5. The Labute approximate surface area is 228 Å². The molecular weight excluding hydrogens is 585 g/mol. The van der Waals surface area contributed by atoms with E-state index in [0.29, 0.717) is 37.3 Å². The van der Waals surface area contributed by atoms with Crippen molar-refractivity contribution in [3.05, 3.63) is 85.0 Å². The van der Waals surface area contributed by atoms with Crippen molar-refractivity contribution in [2.24, 2.45) is 5.10 Å². The fraction of sp³-hybridized carbons (Fsp3) is 0.0769. The Morgan fingerprint density at radius 2 is 1.95 bits per heavy atom. The molecule has 0 amide bonds. The Morgan fingerprint density at radius 3 is 2.70 bits per heavy atom. The molecule has 0 atom stereocenters. The van der Waals surface area contributed by atoms with E-state index < -0.39 is 11.5 Å². The zero-order chi connectivity index (χ0) is 26.3. The molecule has 5 aromatic rings. The number of carbonyl (C=O) groups excluding carboxylic acids is 1. The van der Waals surface area contributed by atoms with Gasteiger partial charge in [-0.2, -0.15) is 9.78 Å². The standard InChI is InChI=1S/C26H16BrCl2N3O5/c1-13(33)36-24-20(35-2)11-15(22(27)23(24)29)12-30-32-25(31-18-6-4-3-5-17(18)26(32)34)21-10-14-9-16(28)7-8-19(14)37-21/h3-12H,1-2H3. The predicted octanol–water partition coefficient (Wildman–Crippen LogP) is 6.70. The van der Waals surface area contributed by atoms with Gasteiger partial charge < -0.3 is 13.9 Å². The highest BCUT2D eigenvalue weighted by Gasteiger charge is 2.20. The van der Waals surface area contributed by atoms with Crippen molar-refractivity contribution in [1.82, 2.24) is 9.66 Å². The summed E-state index contributed by atoms with van der Waals surface area (Å²) in [4.78, 5) is 29.7. The first-order valence-electron chi connectivity index (χ1n) is 10.8. The normalized spacial score (nSPS) is 11.5. The molecule has 5 rings (SSSR count). The van der Waals surface area contributed by atoms with Crippen LogP contribution in [0.25, 0.3) is 33.5 Å². The second-order valence-corrected chi connectivity index (χ2v) is 9.43. The number of furan rings is 1. The lowest BCUT2D eigenvalue weighted by Crippen LogP contribution is -2.20. The number of para-hydroxylation sites is 1. The molecule has 0 saturated heterocycles. The first kappa shape index (κ1) is 25.0. The van der Waals surface area contributed by atoms with Crippen LogP contribution >= 0.6 is 39.1 Å². The minimum Gasteiger partial charge on any atom is -0.493 e. The summed E-state index contributed by atoms with van der Waals surface area (Å²) < 4.78 is 18.0. The van der Waals surface area contributed by atoms with Crippen LogP contribution in [0.2, 0.25) is 10.0 Å². The van der Waals surface area contributed by atoms with Crippen LogP contribution in [0.3, 0.4) is 0 Å². The SMILES string of the molecule is COc1cc(C=Nn2c(-c3cc4cc(Cl)ccc4o3)nc3ccccc3c2=O)c(Br)c(Cl)c1OC(C)=O. The van der Waals surface area contributed by atoms with E-state index in [1.807, 2.05) is 0 Å². The number of nitrogens with zero attached hydrogens (tertiary/aromatic N) is 3. The second kappa shape index (κ2) is 10.0. The Balaban J connectivity index is 1.70. The molecule has 0 aliphatic carbocycles. The summed E-state index contributed by atoms with van der Waals surface area (Å²) in [7, 11) is 1.41. The van der Waals surface area contributed by atoms with Crippen molar-refractivity contribution in [1.29, 1.82) is 0 Å². The topological polar surface area (TPSA) is 95.9 Å². The van der Waals surface area contributed by atoms with Crippen molar-refractivity contribution in [2.45, 2.75) is 6.92 Å². The van der Waals surface area contributed by atoms with Crippen molar-refractivity contribution in [2.75, 3.05) is 7.11 Å². The molecule has 2 heterocycles. The molecule has 186 valence electrons. The van der Waals surface area contributed by atoms with Crippen LogP contribution in [0.15, 0.2) is 73.4 Å². The smallest absolute Gasteiger partial charge is 0.308 e. The maximum absolute atomic E-state index is 13.5. The van der Waals surface area contributed by atoms with Gasteiger partial charge in [-0.3, -0.25) is 9.59 Å². The second-order valence-electron chi connectivity index (χ2n) is 7.83. The molecule has 8 nitrogen and oxygen atoms in total. The lowest BCUT2D eigenvalue weighted by Gasteiger charge is -2.13. The summed E-state index contributed by atoms with van der Waals surface area (Å²) >= 11 is 16.0. The highest BCUT2D eigenvalue weighted by atomic mass is 79.9. The quantitative estimate of drug-likeness (QED) is 0.127. The average molecular weight is 601 g/mol. The molecule has 0 bridgehead atoms. The molecule has 0 N–H and O–H groups in total. The van der Waals surface area contributed by atoms with E-state index in [9.17, 15) is 9.59 Å². The van der Waals surface area contributed by atoms with Gasteiger partial charge in [0, 0.05) is 27.4 Å². The fourth-order valence-electron chi connectivity index (χ4n) is 3.72. The first-order chi connectivity index (χ1) is 17.8. The number of methoxy groups -OCH3 is 1. The number of carbonyl (C=O) groups is 1. The van der Waals surface area contributed by atoms with Gasteiger partial charge in [0.15, 0.2) is 17.3 Å². The van der Waals surface area contributed by atoms with Crippen LogP contribution in [0.4, 0.5) is 0 Å². The molecule has 0 radical (unpaired) electrons. The maximum atomic E-state index is 13.5. The molecular formula is C26H16BrCl2N3O5. The molecule has 37 heavy (non-hydrogen) atoms. The van der Waals surface area contributed by atoms with E-state index in [-0.39, 0.29) is 22.3 Å². The highest BCUT2D eigenvalue weighted by Crippen LogP contribution is 2.42. The first-order valence-corrected chi connectivity index (χ1v) is 12.3. The van der Waals surface area contributed by atoms with Crippen LogP contribution in [0, 0.1) is 0 Å². The number of benzene rings is 3. The minimum atomic E-state index is -0.556. The van der Waals surface area contributed by atoms with Gasteiger partial charge in [-0.1, -0.05) is 35.3 Å². The van der Waals surface area contributed by atoms with Gasteiger partial charge in [0.05, 0.1) is 24.2 Å². The summed E-state index contributed by atoms with van der Waals surface area (Å²) in [6.07, 6.45) is 1.41. The van der Waals surface area contributed by atoms with Gasteiger partial charge in [0.2, 0.25) is 5.82 Å². The van der Waals surface area contributed by atoms with E-state index >= 15 is 0 Å². The van der Waals surface area contributed by atoms with Crippen LogP contribution in [0.5, 0.6) is 11.5 Å². The van der Waals surface area contributed by atoms with E-state index in [0.717, 1.165) is 10.1 Å². The van der Waals surface area contributed by atoms with Crippen LogP contribution < -0.4 is 15.0 Å². The summed E-state index contributed by atoms with van der Waals surface area (Å²) in [5.74, 6) is 0.240. The molecule has 3 aromatic carbocycles. The zero-order valence-corrected chi connectivity index (χ0v) is 22.4. The minimum absolute atomic E-state index is 0.0619. The van der Waals surface area contributed by atoms with Gasteiger partial charge in [0.1, 0.15) is 10.6 Å². The number of hydrogen-bond acceptors (Lipinski definition) is 7. The van der Waals surface area contributed by atoms with Gasteiger partial charge in [0.25, 0.3) is 5.56 Å². The van der Waals surface area contributed by atoms with E-state index in [2.05, 4.69) is 26.0 Å². The molecule has 2 aromatic heterocycles. The maximum Gasteiger partial charge on any atom is 0.308 e. The van der Waals surface area contributed by atoms with E-state index in [4.69, 9.17) is 37.1 Å². The number of aromatic nitrogens is 2. The summed E-state index contributed by atoms with van der Waals surface area (Å²) in [5, 5.41) is 6.22. The molecule has 0 saturated carbocycles. The van der Waals surface area contributed by atoms with Crippen molar-refractivity contribution in [3.8, 4) is 23.1 Å². The average Bonchev–Trinajstić information content (AvgIpc) is 3.30. The Morgan fingerprint density at radius 1 is 1.16 bits per heavy atom. The molecule has 0 spiro atoms. The van der Waals surface area contributed by atoms with Crippen molar-refractivity contribution >= 4 is 73.2 Å². The van der Waals surface area contributed by atoms with Crippen LogP contribution in [-0.4, -0.2) is 29.0 Å². The molecule has 0 aliphatic rings. The molecule has 11 heteroatoms. The number of halogens is 3. The van der Waals surface area contributed by atoms with Crippen molar-refractivity contribution in [3.63, 3.8) is 0 Å². The Kier molecular flexibility index (Phi) is 6.76. The van der Waals surface area contributed by atoms with E-state index in [1.165, 1.54) is 20.2 Å². The third-order valence-electron chi connectivity index (χ3n) is 5.39. The lowest BCUT2D eigenvalue weighted by molar-refractivity contribution is -0.132. The third kappa shape index (κ3) is 4.73. The fourth-order valence-corrected chi connectivity index (χ4v) is 4.54. The zero-order valence-electron chi connectivity index (χ0n) is 19.3. The lowest BCUT2D eigenvalue weighted by atomic mass is 10.2. The van der Waals surface area contributed by atoms with Gasteiger partial charge in [-0.25, -0.2) is 4.98 Å². The number of ether oxygens (including phenoxy) is 2. The summed E-state index contributed by atoms with van der Waals surface area (Å²) in [5.41, 5.74) is 1.13. The van der Waals surface area contributed by atoms with Crippen molar-refractivity contribution < 1.29 is 18.7 Å². The monoisotopic (exact) mass is 599 g/mol. The molecule has 0 aliphatic heterocycles. The van der Waals surface area contributed by atoms with Gasteiger partial charge >= 0.3 is 5.97 Å². The number of esters is 1. The molecule has 0 unspecified atom stereocenters. The largest absolute Gasteiger partial charge is 0.493 e. The van der Waals surface area contributed by atoms with Gasteiger partial charge in [-0.05, 0) is 58.4 Å². The number of rotatable bonds is 5. The highest BCUT2D eigenvalue weighted by molar-refractivity contribution is 9.10. The number of fused-ring (bicyclic) bond motifs is 2. The number of hydrogen-bond donors (Lipinski definition) is 0. The Bertz CT molecular complexity index is 1800. The summed E-state index contributed by atoms with van der Waals surface area (Å²) in [6.45, 7) is 1.26. The van der Waals surface area contributed by atoms with Gasteiger partial charge in [-0.15, -0.1) is 0 Å². The van der Waals surface area contributed by atoms with Crippen LogP contribution in [0.1, 0.15) is 12.5 Å². The third-order valence-corrected chi connectivity index (χ3v) is 7.06. The Hall–Kier alpha value is -3.66. The van der Waals surface area contributed by atoms with Crippen LogP contribution in [-0.2, 0) is 4.79 Å². The van der Waals surface area contributed by atoms with E-state index in [1.54, 1.807) is 54.6 Å². The predicted molar refractivity (Wildman–Crippen MR) is 146 cm³/mol. The molecule has 0 fully saturated rings.